The van der Waals surface area contributed by atoms with Crippen LogP contribution in [0.4, 0.5) is 0 Å². The lowest BCUT2D eigenvalue weighted by molar-refractivity contribution is 0.453. The second kappa shape index (κ2) is 4.89. The summed E-state index contributed by atoms with van der Waals surface area (Å²) < 4.78 is 6.17. The number of hydrogen-bond acceptors (Lipinski definition) is 2. The van der Waals surface area contributed by atoms with Gasteiger partial charge in [0.2, 0.25) is 0 Å². The molecule has 0 aliphatic carbocycles. The molecule has 0 spiro atoms. The predicted octanol–water partition coefficient (Wildman–Crippen LogP) is 5.34. The Morgan fingerprint density at radius 3 is 2.41 bits per heavy atom. The van der Waals surface area contributed by atoms with Crippen molar-refractivity contribution in [3.05, 3.63) is 66.9 Å². The smallest absolute Gasteiger partial charge is 0.140 e. The van der Waals surface area contributed by atoms with Crippen LogP contribution in [0.5, 0.6) is 11.5 Å². The van der Waals surface area contributed by atoms with E-state index in [0.29, 0.717) is 0 Å². The van der Waals surface area contributed by atoms with Crippen molar-refractivity contribution in [1.82, 2.24) is 4.98 Å². The normalized spacial score (nSPS) is 16.1. The van der Waals surface area contributed by atoms with Gasteiger partial charge < -0.3 is 4.74 Å². The summed E-state index contributed by atoms with van der Waals surface area (Å²) in [4.78, 5) is 7.12. The van der Waals surface area contributed by atoms with Crippen molar-refractivity contribution in [3.8, 4) is 22.8 Å². The zero-order chi connectivity index (χ0) is 15.2. The van der Waals surface area contributed by atoms with Gasteiger partial charge in [-0.1, -0.05) is 30.3 Å². The van der Waals surface area contributed by atoms with Crippen LogP contribution in [0.3, 0.4) is 0 Å². The monoisotopic (exact) mass is 307 g/mol. The van der Waals surface area contributed by atoms with Crippen LogP contribution in [-0.4, -0.2) is 17.5 Å². The molecule has 0 fully saturated rings. The minimum atomic E-state index is -1.15. The third-order valence-electron chi connectivity index (χ3n) is 4.05. The third-order valence-corrected chi connectivity index (χ3v) is 6.93. The lowest BCUT2D eigenvalue weighted by Gasteiger charge is -2.40. The van der Waals surface area contributed by atoms with Gasteiger partial charge in [0.05, 0.1) is 5.69 Å². The zero-order valence-electron chi connectivity index (χ0n) is 12.6. The highest BCUT2D eigenvalue weighted by molar-refractivity contribution is 8.33. The second-order valence-corrected chi connectivity index (χ2v) is 9.23. The molecule has 0 saturated heterocycles. The summed E-state index contributed by atoms with van der Waals surface area (Å²) in [6, 6.07) is 20.7. The van der Waals surface area contributed by atoms with E-state index >= 15 is 0 Å². The predicted molar refractivity (Wildman–Crippen MR) is 92.2 cm³/mol. The van der Waals surface area contributed by atoms with E-state index in [4.69, 9.17) is 4.74 Å². The Hall–Kier alpha value is -2.26. The van der Waals surface area contributed by atoms with E-state index in [1.165, 1.54) is 15.4 Å². The fourth-order valence-electron chi connectivity index (χ4n) is 3.03. The summed E-state index contributed by atoms with van der Waals surface area (Å²) in [7, 11) is -1.15. The van der Waals surface area contributed by atoms with Crippen molar-refractivity contribution in [2.24, 2.45) is 0 Å². The van der Waals surface area contributed by atoms with Crippen molar-refractivity contribution >= 4 is 10.0 Å². The van der Waals surface area contributed by atoms with Gasteiger partial charge in [-0.15, -0.1) is 0 Å². The number of fused-ring (bicyclic) bond motifs is 2. The van der Waals surface area contributed by atoms with E-state index in [2.05, 4.69) is 53.9 Å². The Morgan fingerprint density at radius 2 is 1.59 bits per heavy atom. The van der Waals surface area contributed by atoms with Crippen LogP contribution >= 0.6 is 10.0 Å². The van der Waals surface area contributed by atoms with Gasteiger partial charge in [0, 0.05) is 21.6 Å². The molecular weight excluding hydrogens is 290 g/mol. The van der Waals surface area contributed by atoms with E-state index in [-0.39, 0.29) is 0 Å². The standard InChI is InChI=1S/C19H17NOS/c1-22(2)18-12-4-3-10-16(18)21-17-11-7-8-14(19(17)22)15-9-5-6-13-20-15/h3-13H,1-2H3. The molecule has 1 aromatic heterocycles. The van der Waals surface area contributed by atoms with Gasteiger partial charge in [0.15, 0.2) is 0 Å². The van der Waals surface area contributed by atoms with Crippen molar-refractivity contribution < 1.29 is 4.74 Å². The van der Waals surface area contributed by atoms with Gasteiger partial charge in [0.1, 0.15) is 11.5 Å². The summed E-state index contributed by atoms with van der Waals surface area (Å²) in [6.45, 7) is 0. The SMILES string of the molecule is CS1(C)c2ccccc2Oc2cccc(-c3ccccn3)c21. The van der Waals surface area contributed by atoms with Crippen LogP contribution in [-0.2, 0) is 0 Å². The van der Waals surface area contributed by atoms with Crippen LogP contribution in [0.1, 0.15) is 0 Å². The fraction of sp³-hybridized carbons (Fsp3) is 0.105. The molecule has 2 heterocycles. The number of aromatic nitrogens is 1. The number of para-hydroxylation sites is 1. The topological polar surface area (TPSA) is 22.1 Å². The minimum Gasteiger partial charge on any atom is -0.455 e. The van der Waals surface area contributed by atoms with Gasteiger partial charge >= 0.3 is 0 Å². The number of ether oxygens (including phenoxy) is 1. The van der Waals surface area contributed by atoms with Crippen LogP contribution in [0, 0.1) is 0 Å². The summed E-state index contributed by atoms with van der Waals surface area (Å²) in [6.07, 6.45) is 6.51. The first kappa shape index (κ1) is 13.4. The Morgan fingerprint density at radius 1 is 0.818 bits per heavy atom. The number of rotatable bonds is 1. The molecule has 0 radical (unpaired) electrons. The molecule has 0 saturated carbocycles. The molecule has 1 aliphatic rings. The summed E-state index contributed by atoms with van der Waals surface area (Å²) >= 11 is 0. The lowest BCUT2D eigenvalue weighted by Crippen LogP contribution is -2.09. The van der Waals surface area contributed by atoms with E-state index in [9.17, 15) is 0 Å². The van der Waals surface area contributed by atoms with Crippen LogP contribution in [0.2, 0.25) is 0 Å². The molecule has 3 heteroatoms. The molecule has 22 heavy (non-hydrogen) atoms. The quantitative estimate of drug-likeness (QED) is 0.605. The maximum Gasteiger partial charge on any atom is 0.140 e. The molecule has 110 valence electrons. The summed E-state index contributed by atoms with van der Waals surface area (Å²) in [5.41, 5.74) is 2.18. The van der Waals surface area contributed by atoms with Gasteiger partial charge in [-0.25, -0.2) is 0 Å². The van der Waals surface area contributed by atoms with E-state index in [1.807, 2.05) is 30.5 Å². The highest BCUT2D eigenvalue weighted by atomic mass is 32.3. The van der Waals surface area contributed by atoms with Crippen LogP contribution in [0.25, 0.3) is 11.3 Å². The maximum absolute atomic E-state index is 6.17. The zero-order valence-corrected chi connectivity index (χ0v) is 13.4. The molecule has 0 unspecified atom stereocenters. The molecule has 0 N–H and O–H groups in total. The maximum atomic E-state index is 6.17. The van der Waals surface area contributed by atoms with Gasteiger partial charge in [0.25, 0.3) is 0 Å². The average molecular weight is 307 g/mol. The van der Waals surface area contributed by atoms with Crippen LogP contribution in [0.15, 0.2) is 76.7 Å². The Bertz CT molecular complexity index is 843. The summed E-state index contributed by atoms with van der Waals surface area (Å²) in [5.74, 6) is 1.94. The number of benzene rings is 2. The number of hydrogen-bond donors (Lipinski definition) is 0. The molecule has 4 rings (SSSR count). The van der Waals surface area contributed by atoms with E-state index in [0.717, 1.165) is 17.2 Å². The lowest BCUT2D eigenvalue weighted by atomic mass is 10.1. The van der Waals surface area contributed by atoms with Crippen molar-refractivity contribution in [3.63, 3.8) is 0 Å². The van der Waals surface area contributed by atoms with Gasteiger partial charge in [-0.2, -0.15) is 10.0 Å². The average Bonchev–Trinajstić information content (AvgIpc) is 2.55. The van der Waals surface area contributed by atoms with Gasteiger partial charge in [-0.3, -0.25) is 4.98 Å². The fourth-order valence-corrected chi connectivity index (χ4v) is 5.62. The Labute approximate surface area is 132 Å². The van der Waals surface area contributed by atoms with E-state index < -0.39 is 10.0 Å². The Balaban J connectivity index is 1.99. The number of nitrogens with zero attached hydrogens (tertiary/aromatic N) is 1. The highest BCUT2D eigenvalue weighted by Crippen LogP contribution is 2.67. The molecule has 0 atom stereocenters. The van der Waals surface area contributed by atoms with Crippen molar-refractivity contribution in [1.29, 1.82) is 0 Å². The third kappa shape index (κ3) is 1.93. The van der Waals surface area contributed by atoms with Crippen LogP contribution < -0.4 is 4.74 Å². The Kier molecular flexibility index (Phi) is 2.98. The highest BCUT2D eigenvalue weighted by Gasteiger charge is 2.32. The first-order valence-electron chi connectivity index (χ1n) is 7.22. The first-order chi connectivity index (χ1) is 10.7. The van der Waals surface area contributed by atoms with Crippen molar-refractivity contribution in [2.75, 3.05) is 12.5 Å². The largest absolute Gasteiger partial charge is 0.455 e. The van der Waals surface area contributed by atoms with Crippen molar-refractivity contribution in [2.45, 2.75) is 9.79 Å². The molecule has 2 nitrogen and oxygen atoms in total. The minimum absolute atomic E-state index is 0.960. The number of pyridine rings is 1. The van der Waals surface area contributed by atoms with Gasteiger partial charge in [-0.05, 0) is 42.8 Å². The molecule has 2 aromatic carbocycles. The molecule has 3 aromatic rings. The molecule has 1 aliphatic heterocycles. The van der Waals surface area contributed by atoms with E-state index in [1.54, 1.807) is 0 Å². The molecular formula is C19H17NOS. The molecule has 0 bridgehead atoms. The molecule has 0 amide bonds. The first-order valence-corrected chi connectivity index (χ1v) is 9.67. The second-order valence-electron chi connectivity index (χ2n) is 5.72. The summed E-state index contributed by atoms with van der Waals surface area (Å²) in [5, 5.41) is 0.